The fraction of sp³-hybridized carbons (Fsp3) is 0.0370. The standard InChI is InChI=1S/C54H38N4O4S2/c59-63(60,45-27-15-5-16-28-45)47-35-31-43(32-36-47)53(55-49(39-19-7-1-8-20-39)50(56-53)40-21-9-2-10-22-40)54(44-33-37-48(38-34-44)64(61,62)46-29-17-6-18-30-46)57-51(41-23-11-3-12-24-41)52(58-54)42-25-13-4-14-26-42/h1-38H. The number of benzene rings is 8. The van der Waals surface area contributed by atoms with Crippen LogP contribution in [0.2, 0.25) is 0 Å². The Morgan fingerprint density at radius 2 is 0.453 bits per heavy atom. The molecule has 2 aliphatic rings. The number of nitrogens with zero attached hydrogens (tertiary/aromatic N) is 4. The molecule has 10 rings (SSSR count). The van der Waals surface area contributed by atoms with Gasteiger partial charge in [0.25, 0.3) is 0 Å². The smallest absolute Gasteiger partial charge is 0.226 e. The van der Waals surface area contributed by atoms with E-state index in [0.717, 1.165) is 22.3 Å². The van der Waals surface area contributed by atoms with Gasteiger partial charge in [0.2, 0.25) is 31.0 Å². The van der Waals surface area contributed by atoms with Crippen molar-refractivity contribution < 1.29 is 16.8 Å². The molecular weight excluding hydrogens is 833 g/mol. The number of rotatable bonds is 11. The van der Waals surface area contributed by atoms with Crippen molar-refractivity contribution in [2.24, 2.45) is 20.0 Å². The highest BCUT2D eigenvalue weighted by atomic mass is 32.2. The maximum atomic E-state index is 14.0. The molecule has 0 atom stereocenters. The summed E-state index contributed by atoms with van der Waals surface area (Å²) in [6.45, 7) is 0. The van der Waals surface area contributed by atoms with E-state index in [1.54, 1.807) is 109 Å². The van der Waals surface area contributed by atoms with Gasteiger partial charge in [-0.15, -0.1) is 0 Å². The van der Waals surface area contributed by atoms with E-state index in [1.807, 2.05) is 121 Å². The number of aliphatic imine (C=N–C) groups is 4. The highest BCUT2D eigenvalue weighted by Crippen LogP contribution is 2.55. The fourth-order valence-electron chi connectivity index (χ4n) is 8.28. The van der Waals surface area contributed by atoms with Crippen LogP contribution in [0.3, 0.4) is 0 Å². The molecule has 10 heteroatoms. The van der Waals surface area contributed by atoms with Gasteiger partial charge in [0.1, 0.15) is 0 Å². The second-order valence-corrected chi connectivity index (χ2v) is 19.2. The largest absolute Gasteiger partial charge is 0.243 e. The van der Waals surface area contributed by atoms with Crippen LogP contribution < -0.4 is 0 Å². The van der Waals surface area contributed by atoms with Gasteiger partial charge in [-0.05, 0) is 48.5 Å². The third-order valence-electron chi connectivity index (χ3n) is 11.5. The molecule has 0 bridgehead atoms. The average molecular weight is 871 g/mol. The van der Waals surface area contributed by atoms with Crippen molar-refractivity contribution in [2.75, 3.05) is 0 Å². The number of hydrogen-bond donors (Lipinski definition) is 0. The van der Waals surface area contributed by atoms with Crippen LogP contribution in [0.25, 0.3) is 0 Å². The Morgan fingerprint density at radius 1 is 0.250 bits per heavy atom. The number of hydrogen-bond acceptors (Lipinski definition) is 8. The van der Waals surface area contributed by atoms with Crippen molar-refractivity contribution in [1.29, 1.82) is 0 Å². The maximum absolute atomic E-state index is 14.0. The normalized spacial score (nSPS) is 15.4. The SMILES string of the molecule is O=S(=O)(c1ccccc1)c1ccc(C2(C3(c4ccc(S(=O)(=O)c5ccccc5)cc4)N=C(c4ccccc4)C(c4ccccc4)=N3)N=C(c3ccccc3)C(c3ccccc3)=N2)cc1. The van der Waals surface area contributed by atoms with Crippen LogP contribution in [0.5, 0.6) is 0 Å². The van der Waals surface area contributed by atoms with Gasteiger partial charge in [-0.3, -0.25) is 0 Å². The lowest BCUT2D eigenvalue weighted by atomic mass is 9.82. The van der Waals surface area contributed by atoms with E-state index in [2.05, 4.69) is 0 Å². The fourth-order valence-corrected chi connectivity index (χ4v) is 10.8. The molecular formula is C54H38N4O4S2. The summed E-state index contributed by atoms with van der Waals surface area (Å²) in [4.78, 5) is 23.3. The summed E-state index contributed by atoms with van der Waals surface area (Å²) < 4.78 is 56.1. The van der Waals surface area contributed by atoms with Crippen LogP contribution in [-0.4, -0.2) is 39.7 Å². The zero-order chi connectivity index (χ0) is 43.8. The Morgan fingerprint density at radius 3 is 0.688 bits per heavy atom. The van der Waals surface area contributed by atoms with Gasteiger partial charge in [-0.25, -0.2) is 36.8 Å². The van der Waals surface area contributed by atoms with Gasteiger partial charge < -0.3 is 0 Å². The van der Waals surface area contributed by atoms with Crippen molar-refractivity contribution >= 4 is 42.5 Å². The summed E-state index contributed by atoms with van der Waals surface area (Å²) in [5, 5.41) is 0. The van der Waals surface area contributed by atoms with Crippen molar-refractivity contribution in [3.8, 4) is 0 Å². The van der Waals surface area contributed by atoms with Crippen LogP contribution >= 0.6 is 0 Å². The predicted octanol–water partition coefficient (Wildman–Crippen LogP) is 10.3. The molecule has 0 unspecified atom stereocenters. The molecule has 8 nitrogen and oxygen atoms in total. The molecule has 2 aliphatic heterocycles. The Kier molecular flexibility index (Phi) is 10.2. The first-order valence-corrected chi connectivity index (χ1v) is 23.6. The van der Waals surface area contributed by atoms with Crippen molar-refractivity contribution in [3.05, 3.63) is 264 Å². The van der Waals surface area contributed by atoms with E-state index < -0.39 is 31.0 Å². The molecule has 0 N–H and O–H groups in total. The molecule has 0 saturated carbocycles. The van der Waals surface area contributed by atoms with Gasteiger partial charge >= 0.3 is 0 Å². The summed E-state index contributed by atoms with van der Waals surface area (Å²) in [6.07, 6.45) is 0. The lowest BCUT2D eigenvalue weighted by molar-refractivity contribution is 0.257. The lowest BCUT2D eigenvalue weighted by Crippen LogP contribution is -2.43. The molecule has 64 heavy (non-hydrogen) atoms. The Balaban J connectivity index is 1.31. The van der Waals surface area contributed by atoms with E-state index in [9.17, 15) is 16.8 Å². The zero-order valence-corrected chi connectivity index (χ0v) is 35.8. The average Bonchev–Trinajstić information content (AvgIpc) is 3.99. The molecule has 0 saturated heterocycles. The maximum Gasteiger partial charge on any atom is 0.226 e. The highest BCUT2D eigenvalue weighted by Gasteiger charge is 2.60. The van der Waals surface area contributed by atoms with E-state index in [4.69, 9.17) is 20.0 Å². The zero-order valence-electron chi connectivity index (χ0n) is 34.2. The minimum atomic E-state index is -3.91. The summed E-state index contributed by atoms with van der Waals surface area (Å²) >= 11 is 0. The van der Waals surface area contributed by atoms with Crippen LogP contribution in [0.1, 0.15) is 33.4 Å². The van der Waals surface area contributed by atoms with E-state index >= 15 is 0 Å². The monoisotopic (exact) mass is 870 g/mol. The van der Waals surface area contributed by atoms with E-state index in [-0.39, 0.29) is 19.6 Å². The van der Waals surface area contributed by atoms with Crippen molar-refractivity contribution in [2.45, 2.75) is 30.9 Å². The van der Waals surface area contributed by atoms with Crippen molar-refractivity contribution in [1.82, 2.24) is 0 Å². The Bertz CT molecular complexity index is 3000. The quantitative estimate of drug-likeness (QED) is 0.129. The van der Waals surface area contributed by atoms with Crippen molar-refractivity contribution in [3.63, 3.8) is 0 Å². The van der Waals surface area contributed by atoms with Crippen LogP contribution in [-0.2, 0) is 31.0 Å². The van der Waals surface area contributed by atoms with Crippen LogP contribution in [0.4, 0.5) is 0 Å². The topological polar surface area (TPSA) is 118 Å². The third-order valence-corrected chi connectivity index (χ3v) is 15.0. The summed E-state index contributed by atoms with van der Waals surface area (Å²) in [7, 11) is -7.82. The Labute approximate surface area is 372 Å². The second-order valence-electron chi connectivity index (χ2n) is 15.3. The van der Waals surface area contributed by atoms with Crippen LogP contribution in [0.15, 0.2) is 270 Å². The third kappa shape index (κ3) is 6.93. The summed E-state index contributed by atoms with van der Waals surface area (Å²) in [5.41, 5.74) is 3.04. The van der Waals surface area contributed by atoms with E-state index in [1.165, 1.54) is 0 Å². The summed E-state index contributed by atoms with van der Waals surface area (Å²) in [6, 6.07) is 69.0. The minimum absolute atomic E-state index is 0.0908. The molecule has 0 amide bonds. The molecule has 0 aliphatic carbocycles. The predicted molar refractivity (Wildman–Crippen MR) is 252 cm³/mol. The van der Waals surface area contributed by atoms with Gasteiger partial charge in [0, 0.05) is 33.4 Å². The van der Waals surface area contributed by atoms with E-state index in [0.29, 0.717) is 34.0 Å². The summed E-state index contributed by atoms with van der Waals surface area (Å²) in [5.74, 6) is 0. The van der Waals surface area contributed by atoms with Gasteiger partial charge in [0.05, 0.1) is 42.4 Å². The first-order chi connectivity index (χ1) is 31.2. The number of sulfone groups is 2. The highest BCUT2D eigenvalue weighted by molar-refractivity contribution is 7.91. The van der Waals surface area contributed by atoms with Gasteiger partial charge in [0.15, 0.2) is 0 Å². The molecule has 8 aromatic carbocycles. The first-order valence-electron chi connectivity index (χ1n) is 20.6. The molecule has 0 spiro atoms. The first kappa shape index (κ1) is 40.4. The molecule has 0 aromatic heterocycles. The van der Waals surface area contributed by atoms with Crippen LogP contribution in [0, 0.1) is 0 Å². The van der Waals surface area contributed by atoms with Gasteiger partial charge in [-0.1, -0.05) is 182 Å². The molecule has 310 valence electrons. The second kappa shape index (κ2) is 16.2. The molecule has 0 radical (unpaired) electrons. The van der Waals surface area contributed by atoms with Gasteiger partial charge in [-0.2, -0.15) is 0 Å². The molecule has 8 aromatic rings. The molecule has 0 fully saturated rings. The lowest BCUT2D eigenvalue weighted by Gasteiger charge is -2.38. The minimum Gasteiger partial charge on any atom is -0.243 e. The Hall–Kier alpha value is -7.66. The molecule has 2 heterocycles.